The van der Waals surface area contributed by atoms with Crippen molar-refractivity contribution in [3.05, 3.63) is 92.6 Å². The van der Waals surface area contributed by atoms with Crippen LogP contribution in [0, 0.1) is 0 Å². The first-order valence-corrected chi connectivity index (χ1v) is 11.2. The quantitative estimate of drug-likeness (QED) is 0.476. The Morgan fingerprint density at radius 3 is 2.35 bits per heavy atom. The lowest BCUT2D eigenvalue weighted by molar-refractivity contribution is -0.114. The first-order chi connectivity index (χ1) is 16.3. The van der Waals surface area contributed by atoms with Crippen molar-refractivity contribution in [2.24, 2.45) is 0 Å². The summed E-state index contributed by atoms with van der Waals surface area (Å²) in [6.45, 7) is 2.48. The zero-order valence-electron chi connectivity index (χ0n) is 19.8. The van der Waals surface area contributed by atoms with E-state index in [0.29, 0.717) is 13.0 Å². The summed E-state index contributed by atoms with van der Waals surface area (Å²) in [6.07, 6.45) is 4.67. The Bertz CT molecular complexity index is 1260. The van der Waals surface area contributed by atoms with Gasteiger partial charge in [-0.05, 0) is 35.8 Å². The second kappa shape index (κ2) is 11.2. The van der Waals surface area contributed by atoms with E-state index in [9.17, 15) is 14.4 Å². The molecule has 0 unspecified atom stereocenters. The van der Waals surface area contributed by atoms with Crippen molar-refractivity contribution in [2.75, 3.05) is 29.6 Å². The van der Waals surface area contributed by atoms with Crippen LogP contribution >= 0.6 is 0 Å². The number of anilines is 3. The molecule has 0 aliphatic heterocycles. The highest BCUT2D eigenvalue weighted by Crippen LogP contribution is 2.21. The van der Waals surface area contributed by atoms with Crippen molar-refractivity contribution >= 4 is 29.2 Å². The molecule has 1 heterocycles. The molecule has 0 aliphatic rings. The summed E-state index contributed by atoms with van der Waals surface area (Å²) in [4.78, 5) is 44.2. The smallest absolute Gasteiger partial charge is 0.330 e. The maximum atomic E-state index is 13.3. The van der Waals surface area contributed by atoms with Crippen molar-refractivity contribution in [1.29, 1.82) is 0 Å². The molecule has 8 heteroatoms. The van der Waals surface area contributed by atoms with Gasteiger partial charge in [0.25, 0.3) is 11.5 Å². The fourth-order valence-corrected chi connectivity index (χ4v) is 3.55. The predicted molar refractivity (Wildman–Crippen MR) is 138 cm³/mol. The molecular formula is C26H31N5O3. The molecule has 0 radical (unpaired) electrons. The number of aromatic amines is 1. The molecule has 2 aromatic carbocycles. The molecule has 0 spiro atoms. The number of aromatic nitrogens is 2. The molecule has 0 atom stereocenters. The molecule has 0 bridgehead atoms. The zero-order valence-corrected chi connectivity index (χ0v) is 19.8. The number of nitrogen functional groups attached to an aromatic ring is 1. The SMILES string of the molecule is CCCCn1c(N)c(N(Cc2ccccc2)C(=O)/C=C/c2ccc(N(C)C)cc2)c(=O)[nH]c1=O. The van der Waals surface area contributed by atoms with E-state index in [4.69, 9.17) is 5.73 Å². The van der Waals surface area contributed by atoms with Crippen molar-refractivity contribution < 1.29 is 4.79 Å². The Kier molecular flexibility index (Phi) is 8.08. The van der Waals surface area contributed by atoms with E-state index in [2.05, 4.69) is 4.98 Å². The summed E-state index contributed by atoms with van der Waals surface area (Å²) in [6, 6.07) is 17.0. The molecule has 0 fully saturated rings. The van der Waals surface area contributed by atoms with Crippen LogP contribution in [0.5, 0.6) is 0 Å². The van der Waals surface area contributed by atoms with Gasteiger partial charge >= 0.3 is 5.69 Å². The van der Waals surface area contributed by atoms with E-state index in [1.165, 1.54) is 15.5 Å². The van der Waals surface area contributed by atoms with Gasteiger partial charge in [0.2, 0.25) is 0 Å². The summed E-state index contributed by atoms with van der Waals surface area (Å²) in [5.41, 5.74) is 7.70. The normalized spacial score (nSPS) is 11.0. The van der Waals surface area contributed by atoms with Crippen LogP contribution in [-0.4, -0.2) is 29.6 Å². The fraction of sp³-hybridized carbons (Fsp3) is 0.269. The summed E-state index contributed by atoms with van der Waals surface area (Å²) in [5.74, 6) is -0.436. The van der Waals surface area contributed by atoms with E-state index in [1.54, 1.807) is 6.08 Å². The minimum Gasteiger partial charge on any atom is -0.383 e. The first-order valence-electron chi connectivity index (χ1n) is 11.2. The van der Waals surface area contributed by atoms with Gasteiger partial charge in [0.1, 0.15) is 5.82 Å². The van der Waals surface area contributed by atoms with E-state index in [0.717, 1.165) is 23.2 Å². The van der Waals surface area contributed by atoms with Crippen molar-refractivity contribution in [3.63, 3.8) is 0 Å². The maximum Gasteiger partial charge on any atom is 0.330 e. The first kappa shape index (κ1) is 24.6. The average Bonchev–Trinajstić information content (AvgIpc) is 2.82. The van der Waals surface area contributed by atoms with Crippen LogP contribution in [0.3, 0.4) is 0 Å². The second-order valence-electron chi connectivity index (χ2n) is 8.23. The molecule has 178 valence electrons. The number of rotatable bonds is 9. The Morgan fingerprint density at radius 2 is 1.74 bits per heavy atom. The Balaban J connectivity index is 2.01. The molecule has 0 saturated heterocycles. The summed E-state index contributed by atoms with van der Waals surface area (Å²) in [7, 11) is 3.91. The van der Waals surface area contributed by atoms with Crippen LogP contribution in [0.25, 0.3) is 6.08 Å². The highest BCUT2D eigenvalue weighted by molar-refractivity contribution is 6.05. The highest BCUT2D eigenvalue weighted by atomic mass is 16.2. The molecule has 3 N–H and O–H groups in total. The third kappa shape index (κ3) is 5.83. The number of hydrogen-bond donors (Lipinski definition) is 2. The predicted octanol–water partition coefficient (Wildman–Crippen LogP) is 3.23. The van der Waals surface area contributed by atoms with E-state index in [1.807, 2.05) is 80.5 Å². The Morgan fingerprint density at radius 1 is 1.06 bits per heavy atom. The molecule has 0 saturated carbocycles. The van der Waals surface area contributed by atoms with Gasteiger partial charge in [0, 0.05) is 32.4 Å². The zero-order chi connectivity index (χ0) is 24.7. The van der Waals surface area contributed by atoms with Crippen molar-refractivity contribution in [3.8, 4) is 0 Å². The molecule has 8 nitrogen and oxygen atoms in total. The molecule has 34 heavy (non-hydrogen) atoms. The fourth-order valence-electron chi connectivity index (χ4n) is 3.55. The third-order valence-corrected chi connectivity index (χ3v) is 5.50. The van der Waals surface area contributed by atoms with Gasteiger partial charge < -0.3 is 10.6 Å². The van der Waals surface area contributed by atoms with E-state index in [-0.39, 0.29) is 18.1 Å². The van der Waals surface area contributed by atoms with E-state index >= 15 is 0 Å². The van der Waals surface area contributed by atoms with Gasteiger partial charge in [-0.3, -0.25) is 24.0 Å². The minimum atomic E-state index is -0.691. The summed E-state index contributed by atoms with van der Waals surface area (Å²) >= 11 is 0. The van der Waals surface area contributed by atoms with Crippen LogP contribution in [0.2, 0.25) is 0 Å². The molecule has 1 aromatic heterocycles. The Hall–Kier alpha value is -4.07. The molecule has 0 aliphatic carbocycles. The second-order valence-corrected chi connectivity index (χ2v) is 8.23. The lowest BCUT2D eigenvalue weighted by Crippen LogP contribution is -2.40. The van der Waals surface area contributed by atoms with Crippen molar-refractivity contribution in [1.82, 2.24) is 9.55 Å². The number of H-pyrrole nitrogens is 1. The van der Waals surface area contributed by atoms with Crippen LogP contribution in [-0.2, 0) is 17.9 Å². The standard InChI is InChI=1S/C26H31N5O3/c1-4-5-17-30-24(27)23(25(33)28-26(30)34)31(18-20-9-7-6-8-10-20)22(32)16-13-19-11-14-21(15-12-19)29(2)3/h6-16H,4-5,17-18,27H2,1-3H3,(H,28,33,34)/b16-13+. The van der Waals surface area contributed by atoms with Crippen molar-refractivity contribution in [2.45, 2.75) is 32.9 Å². The molecule has 3 rings (SSSR count). The van der Waals surface area contributed by atoms with Crippen LogP contribution in [0.4, 0.5) is 17.2 Å². The van der Waals surface area contributed by atoms with Crippen LogP contribution in [0.15, 0.2) is 70.3 Å². The largest absolute Gasteiger partial charge is 0.383 e. The number of hydrogen-bond acceptors (Lipinski definition) is 5. The summed E-state index contributed by atoms with van der Waals surface area (Å²) < 4.78 is 1.31. The maximum absolute atomic E-state index is 13.3. The number of amides is 1. The van der Waals surface area contributed by atoms with Gasteiger partial charge in [-0.15, -0.1) is 0 Å². The average molecular weight is 462 g/mol. The lowest BCUT2D eigenvalue weighted by atomic mass is 10.1. The number of nitrogens with zero attached hydrogens (tertiary/aromatic N) is 3. The number of unbranched alkanes of at least 4 members (excludes halogenated alkanes) is 1. The van der Waals surface area contributed by atoms with Gasteiger partial charge in [0.15, 0.2) is 5.69 Å². The van der Waals surface area contributed by atoms with Gasteiger partial charge in [-0.25, -0.2) is 4.79 Å². The van der Waals surface area contributed by atoms with E-state index < -0.39 is 17.2 Å². The van der Waals surface area contributed by atoms with Crippen LogP contribution in [0.1, 0.15) is 30.9 Å². The van der Waals surface area contributed by atoms with Gasteiger partial charge in [-0.2, -0.15) is 0 Å². The summed E-state index contributed by atoms with van der Waals surface area (Å²) in [5, 5.41) is 0. The molecular weight excluding hydrogens is 430 g/mol. The lowest BCUT2D eigenvalue weighted by Gasteiger charge is -2.23. The number of carbonyl (C=O) groups is 1. The van der Waals surface area contributed by atoms with Gasteiger partial charge in [0.05, 0.1) is 6.54 Å². The minimum absolute atomic E-state index is 0.0183. The topological polar surface area (TPSA) is 104 Å². The monoisotopic (exact) mass is 461 g/mol. The Labute approximate surface area is 198 Å². The third-order valence-electron chi connectivity index (χ3n) is 5.50. The number of nitrogens with two attached hydrogens (primary N) is 1. The van der Waals surface area contributed by atoms with Crippen LogP contribution < -0.4 is 26.8 Å². The molecule has 1 amide bonds. The number of benzene rings is 2. The number of nitrogens with one attached hydrogen (secondary N) is 1. The number of carbonyl (C=O) groups excluding carboxylic acids is 1. The molecule has 3 aromatic rings. The van der Waals surface area contributed by atoms with Gasteiger partial charge in [-0.1, -0.05) is 55.8 Å². The highest BCUT2D eigenvalue weighted by Gasteiger charge is 2.23.